The summed E-state index contributed by atoms with van der Waals surface area (Å²) in [5.74, 6) is 1.56. The molecule has 0 atom stereocenters. The lowest BCUT2D eigenvalue weighted by atomic mass is 10.0. The molecule has 0 aliphatic carbocycles. The van der Waals surface area contributed by atoms with E-state index in [0.29, 0.717) is 22.8 Å². The van der Waals surface area contributed by atoms with Gasteiger partial charge in [0.2, 0.25) is 5.75 Å². The molecule has 0 heterocycles. The Balaban J connectivity index is 3.39. The molecule has 5 nitrogen and oxygen atoms in total. The van der Waals surface area contributed by atoms with Crippen LogP contribution in [0.4, 0.5) is 0 Å². The van der Waals surface area contributed by atoms with Crippen molar-refractivity contribution in [3.63, 3.8) is 0 Å². The molecule has 5 heteroatoms. The van der Waals surface area contributed by atoms with Gasteiger partial charge in [-0.05, 0) is 43.5 Å². The molecule has 120 valence electrons. The summed E-state index contributed by atoms with van der Waals surface area (Å²) in [6.45, 7) is 5.20. The summed E-state index contributed by atoms with van der Waals surface area (Å²) < 4.78 is 16.0. The predicted octanol–water partition coefficient (Wildman–Crippen LogP) is 3.78. The second-order valence-corrected chi connectivity index (χ2v) is 4.47. The fourth-order valence-corrected chi connectivity index (χ4v) is 1.97. The van der Waals surface area contributed by atoms with Crippen molar-refractivity contribution in [1.82, 2.24) is 0 Å². The van der Waals surface area contributed by atoms with E-state index >= 15 is 0 Å². The van der Waals surface area contributed by atoms with E-state index in [2.05, 4.69) is 17.8 Å². The lowest BCUT2D eigenvalue weighted by Crippen LogP contribution is -1.97. The second kappa shape index (κ2) is 9.11. The number of hydrogen-bond acceptors (Lipinski definition) is 5. The number of methoxy groups -OCH3 is 3. The molecule has 23 heavy (non-hydrogen) atoms. The van der Waals surface area contributed by atoms with Crippen molar-refractivity contribution in [2.75, 3.05) is 21.3 Å². The molecule has 0 saturated heterocycles. The molecule has 0 spiro atoms. The molecular formula is C18H20N2O3. The highest BCUT2D eigenvalue weighted by atomic mass is 16.5. The Morgan fingerprint density at radius 2 is 1.87 bits per heavy atom. The molecule has 0 aliphatic rings. The number of nitriles is 1. The third-order valence-electron chi connectivity index (χ3n) is 3.12. The highest BCUT2D eigenvalue weighted by Crippen LogP contribution is 2.40. The maximum absolute atomic E-state index is 9.39. The average molecular weight is 312 g/mol. The van der Waals surface area contributed by atoms with E-state index in [4.69, 9.17) is 14.2 Å². The molecule has 1 rings (SSSR count). The van der Waals surface area contributed by atoms with E-state index in [1.807, 2.05) is 13.0 Å². The minimum atomic E-state index is 0.485. The van der Waals surface area contributed by atoms with Crippen molar-refractivity contribution in [2.24, 2.45) is 4.99 Å². The first-order chi connectivity index (χ1) is 11.1. The van der Waals surface area contributed by atoms with E-state index in [1.165, 1.54) is 7.11 Å². The van der Waals surface area contributed by atoms with E-state index in [-0.39, 0.29) is 0 Å². The predicted molar refractivity (Wildman–Crippen MR) is 92.1 cm³/mol. The van der Waals surface area contributed by atoms with Crippen LogP contribution in [0.3, 0.4) is 0 Å². The number of hydrogen-bond donors (Lipinski definition) is 0. The number of rotatable bonds is 7. The lowest BCUT2D eigenvalue weighted by Gasteiger charge is -2.14. The third kappa shape index (κ3) is 4.48. The van der Waals surface area contributed by atoms with Gasteiger partial charge in [-0.3, -0.25) is 4.99 Å². The molecule has 1 aromatic rings. The van der Waals surface area contributed by atoms with Gasteiger partial charge in [0.1, 0.15) is 0 Å². The standard InChI is InChI=1S/C18H20N2O3/c1-13(7-6-10-20-2)15(12-19)11-14-8-9-16(21-3)18(23-5)17(14)22-4/h6-11H,2H2,1,3-5H3. The van der Waals surface area contributed by atoms with E-state index < -0.39 is 0 Å². The van der Waals surface area contributed by atoms with Crippen LogP contribution in [0.1, 0.15) is 12.5 Å². The maximum Gasteiger partial charge on any atom is 0.203 e. The highest BCUT2D eigenvalue weighted by molar-refractivity contribution is 5.72. The Labute approximate surface area is 136 Å². The summed E-state index contributed by atoms with van der Waals surface area (Å²) in [5.41, 5.74) is 2.02. The fourth-order valence-electron chi connectivity index (χ4n) is 1.97. The van der Waals surface area contributed by atoms with Gasteiger partial charge in [0.25, 0.3) is 0 Å². The van der Waals surface area contributed by atoms with E-state index in [0.717, 1.165) is 11.1 Å². The molecule has 0 radical (unpaired) electrons. The SMILES string of the molecule is C=NC=CC=C(C)C(C#N)=Cc1ccc(OC)c(OC)c1OC. The Hall–Kier alpha value is -3.00. The molecular weight excluding hydrogens is 292 g/mol. The molecule has 1 aromatic carbocycles. The fraction of sp³-hybridized carbons (Fsp3) is 0.222. The third-order valence-corrected chi connectivity index (χ3v) is 3.12. The Bertz CT molecular complexity index is 695. The van der Waals surface area contributed by atoms with Crippen LogP contribution >= 0.6 is 0 Å². The van der Waals surface area contributed by atoms with Gasteiger partial charge >= 0.3 is 0 Å². The summed E-state index contributed by atoms with van der Waals surface area (Å²) in [6.07, 6.45) is 6.80. The molecule has 0 saturated carbocycles. The molecule has 0 amide bonds. The van der Waals surface area contributed by atoms with Crippen LogP contribution in [-0.2, 0) is 0 Å². The summed E-state index contributed by atoms with van der Waals surface area (Å²) in [7, 11) is 4.64. The maximum atomic E-state index is 9.39. The number of allylic oxidation sites excluding steroid dienone is 4. The molecule has 0 N–H and O–H groups in total. The zero-order valence-corrected chi connectivity index (χ0v) is 13.8. The Morgan fingerprint density at radius 1 is 1.17 bits per heavy atom. The van der Waals surface area contributed by atoms with Crippen LogP contribution in [0.2, 0.25) is 0 Å². The van der Waals surface area contributed by atoms with Gasteiger partial charge in [-0.1, -0.05) is 6.08 Å². The van der Waals surface area contributed by atoms with Crippen LogP contribution < -0.4 is 14.2 Å². The van der Waals surface area contributed by atoms with Crippen molar-refractivity contribution < 1.29 is 14.2 Å². The summed E-state index contributed by atoms with van der Waals surface area (Å²) in [4.78, 5) is 3.62. The minimum absolute atomic E-state index is 0.485. The van der Waals surface area contributed by atoms with Crippen LogP contribution in [0.25, 0.3) is 6.08 Å². The van der Waals surface area contributed by atoms with Crippen LogP contribution in [-0.4, -0.2) is 28.0 Å². The number of ether oxygens (including phenoxy) is 3. The molecule has 0 aliphatic heterocycles. The second-order valence-electron chi connectivity index (χ2n) is 4.47. The highest BCUT2D eigenvalue weighted by Gasteiger charge is 2.15. The minimum Gasteiger partial charge on any atom is -0.493 e. The molecule has 0 aromatic heterocycles. The Morgan fingerprint density at radius 3 is 2.39 bits per heavy atom. The van der Waals surface area contributed by atoms with Crippen molar-refractivity contribution in [3.05, 3.63) is 47.2 Å². The zero-order chi connectivity index (χ0) is 17.2. The average Bonchev–Trinajstić information content (AvgIpc) is 2.58. The van der Waals surface area contributed by atoms with Gasteiger partial charge in [0.05, 0.1) is 33.0 Å². The first-order valence-corrected chi connectivity index (χ1v) is 6.83. The normalized spacial score (nSPS) is 12.0. The first kappa shape index (κ1) is 18.1. The quantitative estimate of drug-likeness (QED) is 0.436. The van der Waals surface area contributed by atoms with Gasteiger partial charge in [0.15, 0.2) is 11.5 Å². The van der Waals surface area contributed by atoms with Gasteiger partial charge in [0, 0.05) is 11.8 Å². The first-order valence-electron chi connectivity index (χ1n) is 6.83. The lowest BCUT2D eigenvalue weighted by molar-refractivity contribution is 0.324. The van der Waals surface area contributed by atoms with Crippen LogP contribution in [0.5, 0.6) is 17.2 Å². The van der Waals surface area contributed by atoms with Crippen LogP contribution in [0, 0.1) is 11.3 Å². The summed E-state index contributed by atoms with van der Waals surface area (Å²) in [5, 5.41) is 9.39. The monoisotopic (exact) mass is 312 g/mol. The van der Waals surface area contributed by atoms with Crippen molar-refractivity contribution in [3.8, 4) is 23.3 Å². The summed E-state index contributed by atoms with van der Waals surface area (Å²) in [6, 6.07) is 5.76. The van der Waals surface area contributed by atoms with Gasteiger partial charge in [-0.15, -0.1) is 0 Å². The number of nitrogens with zero attached hydrogens (tertiary/aromatic N) is 2. The van der Waals surface area contributed by atoms with Crippen molar-refractivity contribution in [2.45, 2.75) is 6.92 Å². The summed E-state index contributed by atoms with van der Waals surface area (Å²) >= 11 is 0. The van der Waals surface area contributed by atoms with E-state index in [1.54, 1.807) is 44.7 Å². The topological polar surface area (TPSA) is 63.8 Å². The molecule has 0 bridgehead atoms. The molecule has 0 fully saturated rings. The largest absolute Gasteiger partial charge is 0.493 e. The zero-order valence-electron chi connectivity index (χ0n) is 13.8. The van der Waals surface area contributed by atoms with Gasteiger partial charge < -0.3 is 14.2 Å². The number of aliphatic imine (C=N–C) groups is 1. The van der Waals surface area contributed by atoms with Crippen molar-refractivity contribution in [1.29, 1.82) is 5.26 Å². The molecule has 0 unspecified atom stereocenters. The Kier molecular flexibility index (Phi) is 7.15. The number of benzene rings is 1. The van der Waals surface area contributed by atoms with Crippen molar-refractivity contribution >= 4 is 12.8 Å². The van der Waals surface area contributed by atoms with E-state index in [9.17, 15) is 5.26 Å². The van der Waals surface area contributed by atoms with Gasteiger partial charge in [-0.2, -0.15) is 5.26 Å². The smallest absolute Gasteiger partial charge is 0.203 e. The van der Waals surface area contributed by atoms with Crippen LogP contribution in [0.15, 0.2) is 46.6 Å². The van der Waals surface area contributed by atoms with Gasteiger partial charge in [-0.25, -0.2) is 0 Å².